The maximum absolute atomic E-state index is 12.3. The summed E-state index contributed by atoms with van der Waals surface area (Å²) in [5, 5.41) is 5.64. The Morgan fingerprint density at radius 2 is 2.13 bits per heavy atom. The zero-order valence-electron chi connectivity index (χ0n) is 13.1. The quantitative estimate of drug-likeness (QED) is 0.804. The Morgan fingerprint density at radius 3 is 2.87 bits per heavy atom. The predicted octanol–water partition coefficient (Wildman–Crippen LogP) is -0.264. The number of nitrogens with zero attached hydrogens (tertiary/aromatic N) is 1. The summed E-state index contributed by atoms with van der Waals surface area (Å²) < 4.78 is 5.33. The third-order valence-electron chi connectivity index (χ3n) is 4.25. The first kappa shape index (κ1) is 15.7. The van der Waals surface area contributed by atoms with Crippen molar-refractivity contribution in [2.24, 2.45) is 0 Å². The Bertz CT molecular complexity index is 555. The van der Waals surface area contributed by atoms with Crippen LogP contribution in [0.2, 0.25) is 0 Å². The Morgan fingerprint density at radius 1 is 1.30 bits per heavy atom. The molecule has 1 aromatic rings. The number of anilines is 1. The van der Waals surface area contributed by atoms with Crippen LogP contribution in [0.1, 0.15) is 29.6 Å². The van der Waals surface area contributed by atoms with Gasteiger partial charge in [0.2, 0.25) is 5.91 Å². The number of hydrogen-bond donors (Lipinski definition) is 2. The van der Waals surface area contributed by atoms with E-state index in [9.17, 15) is 9.59 Å². The van der Waals surface area contributed by atoms with Gasteiger partial charge in [0.05, 0.1) is 18.8 Å². The maximum Gasteiger partial charge on any atom is 0.274 e. The Balaban J connectivity index is 1.61. The second-order valence-electron chi connectivity index (χ2n) is 5.87. The van der Waals surface area contributed by atoms with Gasteiger partial charge in [0.1, 0.15) is 25.3 Å². The van der Waals surface area contributed by atoms with E-state index >= 15 is 0 Å². The number of carbonyl (C=O) groups excluding carboxylic acids is 2. The van der Waals surface area contributed by atoms with Crippen molar-refractivity contribution < 1.29 is 19.3 Å². The van der Waals surface area contributed by atoms with Gasteiger partial charge in [0.15, 0.2) is 0 Å². The highest BCUT2D eigenvalue weighted by atomic mass is 16.5. The lowest BCUT2D eigenvalue weighted by molar-refractivity contribution is -0.364. The molecule has 2 aliphatic heterocycles. The fourth-order valence-corrected chi connectivity index (χ4v) is 2.88. The first-order valence-corrected chi connectivity index (χ1v) is 8.17. The summed E-state index contributed by atoms with van der Waals surface area (Å²) >= 11 is 0. The molecule has 2 aliphatic rings. The summed E-state index contributed by atoms with van der Waals surface area (Å²) in [6, 6.07) is 3.24. The summed E-state index contributed by atoms with van der Waals surface area (Å²) in [5.41, 5.74) is 0.527. The summed E-state index contributed by atoms with van der Waals surface area (Å²) in [6.07, 6.45) is 4.27. The molecule has 0 radical (unpaired) electrons. The van der Waals surface area contributed by atoms with Crippen molar-refractivity contribution >= 4 is 17.6 Å². The van der Waals surface area contributed by atoms with E-state index in [0.29, 0.717) is 31.7 Å². The molecule has 2 saturated heterocycles. The molecule has 0 bridgehead atoms. The van der Waals surface area contributed by atoms with E-state index in [0.717, 1.165) is 31.7 Å². The number of amides is 2. The number of hydrogen-bond acceptors (Lipinski definition) is 4. The fourth-order valence-electron chi connectivity index (χ4n) is 2.88. The van der Waals surface area contributed by atoms with E-state index in [4.69, 9.17) is 4.74 Å². The summed E-state index contributed by atoms with van der Waals surface area (Å²) in [7, 11) is 0. The largest absolute Gasteiger partial charge is 0.373 e. The first-order valence-electron chi connectivity index (χ1n) is 8.17. The maximum atomic E-state index is 12.3. The Kier molecular flexibility index (Phi) is 5.07. The number of H-pyrrole nitrogens is 1. The summed E-state index contributed by atoms with van der Waals surface area (Å²) in [5.74, 6) is 0.652. The lowest BCUT2D eigenvalue weighted by Gasteiger charge is -2.21. The van der Waals surface area contributed by atoms with Crippen LogP contribution in [0.4, 0.5) is 5.82 Å². The minimum Gasteiger partial charge on any atom is -0.373 e. The number of pyridine rings is 1. The molecule has 124 valence electrons. The van der Waals surface area contributed by atoms with Crippen molar-refractivity contribution in [3.63, 3.8) is 0 Å². The van der Waals surface area contributed by atoms with Crippen LogP contribution in [-0.2, 0) is 9.53 Å². The van der Waals surface area contributed by atoms with Gasteiger partial charge in [-0.3, -0.25) is 14.5 Å². The number of aromatic nitrogens is 1. The zero-order chi connectivity index (χ0) is 16.1. The summed E-state index contributed by atoms with van der Waals surface area (Å²) in [4.78, 5) is 29.5. The van der Waals surface area contributed by atoms with Crippen LogP contribution in [-0.4, -0.2) is 50.7 Å². The highest BCUT2D eigenvalue weighted by Gasteiger charge is 2.24. The molecule has 3 N–H and O–H groups in total. The van der Waals surface area contributed by atoms with Crippen molar-refractivity contribution in [1.82, 2.24) is 10.6 Å². The lowest BCUT2D eigenvalue weighted by Crippen LogP contribution is -2.45. The minimum atomic E-state index is -0.441. The van der Waals surface area contributed by atoms with E-state index in [1.807, 2.05) is 6.07 Å². The molecule has 7 heteroatoms. The Hall–Kier alpha value is -2.15. The smallest absolute Gasteiger partial charge is 0.274 e. The van der Waals surface area contributed by atoms with Crippen LogP contribution in [0.3, 0.4) is 0 Å². The number of aromatic amines is 1. The molecule has 0 spiro atoms. The molecule has 1 atom stereocenters. The predicted molar refractivity (Wildman–Crippen MR) is 84.1 cm³/mol. The molecule has 7 nitrogen and oxygen atoms in total. The monoisotopic (exact) mass is 319 g/mol. The third-order valence-corrected chi connectivity index (χ3v) is 4.25. The summed E-state index contributed by atoms with van der Waals surface area (Å²) in [6.45, 7) is 3.79. The molecule has 0 unspecified atom stereocenters. The molecule has 0 saturated carbocycles. The molecule has 3 heterocycles. The second-order valence-corrected chi connectivity index (χ2v) is 5.87. The fraction of sp³-hybridized carbons (Fsp3) is 0.562. The van der Waals surface area contributed by atoms with Crippen molar-refractivity contribution in [2.45, 2.75) is 25.3 Å². The highest BCUT2D eigenvalue weighted by Crippen LogP contribution is 2.11. The van der Waals surface area contributed by atoms with E-state index in [1.54, 1.807) is 12.3 Å². The van der Waals surface area contributed by atoms with Gasteiger partial charge in [-0.15, -0.1) is 0 Å². The number of carbonyl (C=O) groups is 2. The van der Waals surface area contributed by atoms with Crippen LogP contribution in [0.25, 0.3) is 0 Å². The van der Waals surface area contributed by atoms with E-state index in [1.165, 1.54) is 0 Å². The molecule has 3 rings (SSSR count). The van der Waals surface area contributed by atoms with Gasteiger partial charge >= 0.3 is 0 Å². The minimum absolute atomic E-state index is 0.0928. The number of rotatable bonds is 3. The van der Waals surface area contributed by atoms with Gasteiger partial charge in [-0.1, -0.05) is 0 Å². The average molecular weight is 319 g/mol. The molecular weight excluding hydrogens is 296 g/mol. The van der Waals surface area contributed by atoms with Crippen LogP contribution >= 0.6 is 0 Å². The van der Waals surface area contributed by atoms with Crippen molar-refractivity contribution in [1.29, 1.82) is 0 Å². The third kappa shape index (κ3) is 3.98. The molecular formula is C16H23N4O3+. The molecule has 0 aromatic carbocycles. The van der Waals surface area contributed by atoms with E-state index < -0.39 is 6.04 Å². The highest BCUT2D eigenvalue weighted by molar-refractivity contribution is 5.97. The zero-order valence-corrected chi connectivity index (χ0v) is 13.1. The number of nitrogens with one attached hydrogen (secondary N) is 3. The van der Waals surface area contributed by atoms with Gasteiger partial charge in [-0.05, 0) is 25.3 Å². The van der Waals surface area contributed by atoms with E-state index in [-0.39, 0.29) is 11.8 Å². The molecule has 2 amide bonds. The lowest BCUT2D eigenvalue weighted by atomic mass is 10.1. The van der Waals surface area contributed by atoms with Crippen molar-refractivity contribution in [3.05, 3.63) is 23.9 Å². The SMILES string of the molecule is O=C(N[C@H]1CCCCNC1=O)c1ccc(N2CCOCC2)[nH+]c1. The van der Waals surface area contributed by atoms with Gasteiger partial charge in [-0.2, -0.15) is 0 Å². The standard InChI is InChI=1S/C16H22N4O3/c21-15(19-13-3-1-2-6-17-16(13)22)12-4-5-14(18-11-12)20-7-9-23-10-8-20/h4-5,11,13H,1-3,6-10H2,(H,17,22)(H,19,21)/p+1/t13-/m0/s1. The molecule has 2 fully saturated rings. The van der Waals surface area contributed by atoms with Gasteiger partial charge in [0, 0.05) is 12.6 Å². The van der Waals surface area contributed by atoms with Crippen molar-refractivity contribution in [2.75, 3.05) is 37.7 Å². The van der Waals surface area contributed by atoms with Gasteiger partial charge in [0.25, 0.3) is 11.7 Å². The Labute approximate surface area is 135 Å². The number of morpholine rings is 1. The molecule has 23 heavy (non-hydrogen) atoms. The van der Waals surface area contributed by atoms with Gasteiger partial charge < -0.3 is 15.4 Å². The van der Waals surface area contributed by atoms with Gasteiger partial charge in [-0.25, -0.2) is 4.98 Å². The van der Waals surface area contributed by atoms with Crippen LogP contribution in [0.15, 0.2) is 18.3 Å². The molecule has 1 aromatic heterocycles. The average Bonchev–Trinajstić information content (AvgIpc) is 2.80. The molecule has 0 aliphatic carbocycles. The topological polar surface area (TPSA) is 84.8 Å². The van der Waals surface area contributed by atoms with Crippen molar-refractivity contribution in [3.8, 4) is 0 Å². The van der Waals surface area contributed by atoms with Crippen LogP contribution in [0, 0.1) is 0 Å². The van der Waals surface area contributed by atoms with E-state index in [2.05, 4.69) is 20.5 Å². The first-order chi connectivity index (χ1) is 11.2. The van der Waals surface area contributed by atoms with Crippen LogP contribution < -0.4 is 20.5 Å². The normalized spacial score (nSPS) is 22.2. The number of ether oxygens (including phenoxy) is 1. The van der Waals surface area contributed by atoms with Crippen LogP contribution in [0.5, 0.6) is 0 Å². The second kappa shape index (κ2) is 7.41.